The fourth-order valence-corrected chi connectivity index (χ4v) is 11.0. The van der Waals surface area contributed by atoms with Gasteiger partial charge in [0.2, 0.25) is 17.7 Å². The number of carbonyl (C=O) groups excluding carboxylic acids is 4. The molecule has 72 heavy (non-hydrogen) atoms. The van der Waals surface area contributed by atoms with Gasteiger partial charge in [-0.25, -0.2) is 23.5 Å². The van der Waals surface area contributed by atoms with Crippen LogP contribution in [-0.2, 0) is 34.4 Å². The van der Waals surface area contributed by atoms with Gasteiger partial charge in [-0.3, -0.25) is 39.4 Å². The number of rotatable bonds is 14. The Balaban J connectivity index is 0.732. The first-order valence-corrected chi connectivity index (χ1v) is 24.7. The van der Waals surface area contributed by atoms with Crippen molar-refractivity contribution in [3.05, 3.63) is 125 Å². The van der Waals surface area contributed by atoms with E-state index in [1.165, 1.54) is 11.3 Å². The van der Waals surface area contributed by atoms with Gasteiger partial charge in [0.1, 0.15) is 11.6 Å². The van der Waals surface area contributed by atoms with Gasteiger partial charge in [-0.1, -0.05) is 47.7 Å². The molecule has 2 saturated heterocycles. The number of anilines is 3. The van der Waals surface area contributed by atoms with Crippen molar-refractivity contribution >= 4 is 78.7 Å². The second-order valence-electron chi connectivity index (χ2n) is 18.6. The van der Waals surface area contributed by atoms with Gasteiger partial charge in [-0.15, -0.1) is 0 Å². The number of carboxylic acid groups (broad SMARTS) is 1. The molecule has 3 aromatic heterocycles. The smallest absolute Gasteiger partial charge is 0.355 e. The van der Waals surface area contributed by atoms with Crippen LogP contribution in [-0.4, -0.2) is 98.1 Å². The first-order valence-electron chi connectivity index (χ1n) is 23.9. The average Bonchev–Trinajstić information content (AvgIpc) is 3.93. The standard InChI is InChI=1S/C53H51F2N9O7S/c1-30-34(35-15-17-44(58-48(35)51(69)70)64-25-19-31-7-5-9-36(39(31)28-64)49(67)60-52-57-40-10-3-4-12-43(40)72-52)8-6-11-42(30)71-26-22-53(54,55)32-20-23-63(24-21-32)29-46(66)56-33-13-14-37-41(27-33)62(2)61-47(37)38-16-18-45(65)59-50(38)68/h3-15,17,27,32,38H,16,18-26,28-29H2,1-2H3,(H,56,66)(H,69,70)(H,57,60,67)(H,59,65,68). The molecule has 4 N–H and O–H groups in total. The summed E-state index contributed by atoms with van der Waals surface area (Å²) < 4.78 is 40.0. The van der Waals surface area contributed by atoms with E-state index in [9.17, 15) is 29.1 Å². The second kappa shape index (κ2) is 19.9. The number of benzene rings is 4. The molecule has 0 aliphatic carbocycles. The number of hydrogen-bond donors (Lipinski definition) is 4. The van der Waals surface area contributed by atoms with Crippen molar-refractivity contribution in [2.75, 3.05) is 48.3 Å². The van der Waals surface area contributed by atoms with Crippen molar-refractivity contribution in [3.8, 4) is 16.9 Å². The first-order chi connectivity index (χ1) is 34.7. The van der Waals surface area contributed by atoms with Crippen LogP contribution < -0.4 is 25.6 Å². The lowest BCUT2D eigenvalue weighted by molar-refractivity contribution is -0.134. The number of piperidine rings is 2. The molecule has 4 aromatic carbocycles. The fourth-order valence-electron chi connectivity index (χ4n) is 10.1. The zero-order valence-corrected chi connectivity index (χ0v) is 40.4. The van der Waals surface area contributed by atoms with Crippen molar-refractivity contribution in [1.82, 2.24) is 30.0 Å². The Morgan fingerprint density at radius 3 is 2.50 bits per heavy atom. The molecule has 4 amide bonds. The van der Waals surface area contributed by atoms with Crippen molar-refractivity contribution in [2.24, 2.45) is 13.0 Å². The van der Waals surface area contributed by atoms with Gasteiger partial charge >= 0.3 is 5.97 Å². The summed E-state index contributed by atoms with van der Waals surface area (Å²) in [5.74, 6) is -6.18. The number of aromatic nitrogens is 4. The number of halogens is 2. The summed E-state index contributed by atoms with van der Waals surface area (Å²) in [5, 5.41) is 24.5. The van der Waals surface area contributed by atoms with Crippen LogP contribution in [0.5, 0.6) is 5.75 Å². The van der Waals surface area contributed by atoms with E-state index in [1.807, 2.05) is 46.2 Å². The van der Waals surface area contributed by atoms with Crippen LogP contribution in [0.25, 0.3) is 32.2 Å². The summed E-state index contributed by atoms with van der Waals surface area (Å²) in [6, 6.07) is 27.2. The predicted molar refractivity (Wildman–Crippen MR) is 269 cm³/mol. The van der Waals surface area contributed by atoms with E-state index in [0.717, 1.165) is 26.7 Å². The van der Waals surface area contributed by atoms with E-state index in [4.69, 9.17) is 4.74 Å². The lowest BCUT2D eigenvalue weighted by Crippen LogP contribution is -2.43. The third-order valence-corrected chi connectivity index (χ3v) is 14.9. The minimum absolute atomic E-state index is 0.0323. The highest BCUT2D eigenvalue weighted by molar-refractivity contribution is 7.22. The number of nitrogens with zero attached hydrogens (tertiary/aromatic N) is 6. The molecule has 7 aromatic rings. The molecule has 1 atom stereocenters. The molecule has 19 heteroatoms. The van der Waals surface area contributed by atoms with Crippen LogP contribution in [0.3, 0.4) is 0 Å². The largest absolute Gasteiger partial charge is 0.493 e. The summed E-state index contributed by atoms with van der Waals surface area (Å²) in [4.78, 5) is 76.7. The Bertz CT molecular complexity index is 3260. The number of ether oxygens (including phenoxy) is 1. The number of thiazole rings is 1. The van der Waals surface area contributed by atoms with Gasteiger partial charge in [0.05, 0.1) is 40.5 Å². The van der Waals surface area contributed by atoms with Crippen LogP contribution in [0.15, 0.2) is 91.0 Å². The predicted octanol–water partition coefficient (Wildman–Crippen LogP) is 8.34. The molecule has 1 unspecified atom stereocenters. The molecule has 10 rings (SSSR count). The maximum atomic E-state index is 15.7. The molecular weight excluding hydrogens is 945 g/mol. The molecule has 16 nitrogen and oxygen atoms in total. The van der Waals surface area contributed by atoms with Crippen molar-refractivity contribution < 1.29 is 42.6 Å². The molecular formula is C53H51F2N9O7S. The second-order valence-corrected chi connectivity index (χ2v) is 19.6. The monoisotopic (exact) mass is 995 g/mol. The Morgan fingerprint density at radius 2 is 1.71 bits per heavy atom. The normalized spacial score (nSPS) is 16.7. The minimum Gasteiger partial charge on any atom is -0.493 e. The summed E-state index contributed by atoms with van der Waals surface area (Å²) in [5.41, 5.74) is 6.26. The molecule has 2 fully saturated rings. The number of amides is 4. The number of carbonyl (C=O) groups is 5. The number of para-hydroxylation sites is 1. The maximum Gasteiger partial charge on any atom is 0.355 e. The summed E-state index contributed by atoms with van der Waals surface area (Å²) in [7, 11) is 1.74. The van der Waals surface area contributed by atoms with Crippen LogP contribution in [0, 0.1) is 12.8 Å². The molecule has 370 valence electrons. The SMILES string of the molecule is Cc1c(OCCC(F)(F)C2CCN(CC(=O)Nc3ccc4c(C5CCC(=O)NC5=O)nn(C)c4c3)CC2)cccc1-c1ccc(N2CCc3cccc(C(=O)Nc4nc5ccccc5s4)c3C2)nc1C(=O)O. The van der Waals surface area contributed by atoms with Crippen molar-refractivity contribution in [2.45, 2.75) is 63.8 Å². The highest BCUT2D eigenvalue weighted by Gasteiger charge is 2.41. The van der Waals surface area contributed by atoms with Gasteiger partial charge in [0.15, 0.2) is 10.8 Å². The molecule has 0 radical (unpaired) electrons. The van der Waals surface area contributed by atoms with E-state index in [0.29, 0.717) is 94.9 Å². The highest BCUT2D eigenvalue weighted by Crippen LogP contribution is 2.39. The molecule has 0 saturated carbocycles. The van der Waals surface area contributed by atoms with E-state index >= 15 is 8.78 Å². The molecule has 0 spiro atoms. The lowest BCUT2D eigenvalue weighted by atomic mass is 9.89. The Kier molecular flexibility index (Phi) is 13.2. The van der Waals surface area contributed by atoms with E-state index in [2.05, 4.69) is 31.0 Å². The van der Waals surface area contributed by atoms with E-state index in [1.54, 1.807) is 73.3 Å². The van der Waals surface area contributed by atoms with Crippen LogP contribution in [0.2, 0.25) is 0 Å². The first kappa shape index (κ1) is 48.0. The maximum absolute atomic E-state index is 15.7. The summed E-state index contributed by atoms with van der Waals surface area (Å²) in [6.07, 6.45) is 1.09. The number of carboxylic acids is 1. The molecule has 3 aliphatic rings. The average molecular weight is 996 g/mol. The summed E-state index contributed by atoms with van der Waals surface area (Å²) >= 11 is 1.40. The number of alkyl halides is 2. The van der Waals surface area contributed by atoms with Gasteiger partial charge < -0.3 is 20.1 Å². The molecule has 6 heterocycles. The Morgan fingerprint density at radius 1 is 0.903 bits per heavy atom. The molecule has 3 aliphatic heterocycles. The number of imide groups is 1. The topological polar surface area (TPSA) is 201 Å². The number of aryl methyl sites for hydroxylation is 1. The van der Waals surface area contributed by atoms with Crippen molar-refractivity contribution in [3.63, 3.8) is 0 Å². The van der Waals surface area contributed by atoms with Gasteiger partial charge in [-0.2, -0.15) is 5.10 Å². The molecule has 0 bridgehead atoms. The zero-order chi connectivity index (χ0) is 50.3. The van der Waals surface area contributed by atoms with Crippen LogP contribution in [0.1, 0.15) is 81.3 Å². The third-order valence-electron chi connectivity index (χ3n) is 14.0. The number of pyridine rings is 1. The number of nitrogens with one attached hydrogen (secondary N) is 3. The third kappa shape index (κ3) is 9.85. The van der Waals surface area contributed by atoms with Gasteiger partial charge in [-0.05, 0) is 123 Å². The zero-order valence-electron chi connectivity index (χ0n) is 39.5. The van der Waals surface area contributed by atoms with E-state index in [-0.39, 0.29) is 61.7 Å². The van der Waals surface area contributed by atoms with Crippen LogP contribution >= 0.6 is 11.3 Å². The lowest BCUT2D eigenvalue weighted by Gasteiger charge is -2.35. The fraction of sp³-hybridized carbons (Fsp3) is 0.321. The van der Waals surface area contributed by atoms with Gasteiger partial charge in [0.25, 0.3) is 11.8 Å². The number of likely N-dealkylation sites (tertiary alicyclic amines) is 1. The van der Waals surface area contributed by atoms with Gasteiger partial charge in [0, 0.05) is 61.1 Å². The van der Waals surface area contributed by atoms with Crippen molar-refractivity contribution in [1.29, 1.82) is 0 Å². The highest BCUT2D eigenvalue weighted by atomic mass is 32.1. The van der Waals surface area contributed by atoms with E-state index < -0.39 is 30.1 Å². The summed E-state index contributed by atoms with van der Waals surface area (Å²) in [6.45, 7) is 3.04. The number of fused-ring (bicyclic) bond motifs is 3. The van der Waals surface area contributed by atoms with Crippen LogP contribution in [0.4, 0.5) is 25.4 Å². The number of aromatic carboxylic acids is 1. The Labute approximate surface area is 416 Å². The quantitative estimate of drug-likeness (QED) is 0.0761. The minimum atomic E-state index is -3.03. The number of hydrogen-bond acceptors (Lipinski definition) is 12. The Hall–Kier alpha value is -7.64.